The van der Waals surface area contributed by atoms with E-state index in [4.69, 9.17) is 5.14 Å². The van der Waals surface area contributed by atoms with Gasteiger partial charge in [-0.2, -0.15) is 0 Å². The molecule has 0 unspecified atom stereocenters. The van der Waals surface area contributed by atoms with E-state index >= 15 is 0 Å². The van der Waals surface area contributed by atoms with Crippen LogP contribution in [0.5, 0.6) is 0 Å². The minimum Gasteiger partial charge on any atom is -0.390 e. The van der Waals surface area contributed by atoms with Crippen LogP contribution in [0.2, 0.25) is 0 Å². The quantitative estimate of drug-likeness (QED) is 0.596. The zero-order valence-corrected chi connectivity index (χ0v) is 19.7. The molecule has 0 atom stereocenters. The molecule has 1 aliphatic heterocycles. The number of hydrogen-bond acceptors (Lipinski definition) is 5. The van der Waals surface area contributed by atoms with Crippen molar-refractivity contribution in [3.05, 3.63) is 60.3 Å². The fraction of sp³-hybridized carbons (Fsp3) is 0.360. The van der Waals surface area contributed by atoms with Gasteiger partial charge in [-0.1, -0.05) is 38.1 Å². The number of primary sulfonamides is 1. The number of aromatic nitrogens is 1. The normalized spacial score (nSPS) is 16.3. The predicted molar refractivity (Wildman–Crippen MR) is 128 cm³/mol. The molecule has 2 aromatic carbocycles. The number of carbonyl (C=O) groups is 1. The second kappa shape index (κ2) is 8.85. The van der Waals surface area contributed by atoms with Crippen LogP contribution in [0.3, 0.4) is 0 Å². The van der Waals surface area contributed by atoms with Crippen LogP contribution in [-0.4, -0.2) is 48.0 Å². The van der Waals surface area contributed by atoms with Crippen molar-refractivity contribution in [1.29, 1.82) is 0 Å². The first-order chi connectivity index (χ1) is 15.6. The van der Waals surface area contributed by atoms with Crippen molar-refractivity contribution in [2.45, 2.75) is 43.6 Å². The molecule has 3 aromatic rings. The highest BCUT2D eigenvalue weighted by molar-refractivity contribution is 7.89. The summed E-state index contributed by atoms with van der Waals surface area (Å²) in [6, 6.07) is 14.0. The van der Waals surface area contributed by atoms with Gasteiger partial charge in [-0.3, -0.25) is 9.78 Å². The van der Waals surface area contributed by atoms with Crippen LogP contribution in [0.4, 0.5) is 0 Å². The lowest BCUT2D eigenvalue weighted by molar-refractivity contribution is -0.0311. The van der Waals surface area contributed by atoms with Crippen molar-refractivity contribution in [2.75, 3.05) is 13.1 Å². The molecule has 0 bridgehead atoms. The molecule has 0 spiro atoms. The topological polar surface area (TPSA) is 114 Å². The Balaban J connectivity index is 1.56. The first kappa shape index (κ1) is 23.4. The van der Waals surface area contributed by atoms with E-state index in [9.17, 15) is 18.3 Å². The molecule has 1 amide bonds. The largest absolute Gasteiger partial charge is 0.390 e. The summed E-state index contributed by atoms with van der Waals surface area (Å²) in [6.45, 7) is 5.27. The summed E-state index contributed by atoms with van der Waals surface area (Å²) in [5.41, 5.74) is 1.86. The number of nitrogens with zero attached hydrogens (tertiary/aromatic N) is 2. The molecule has 0 radical (unpaired) electrons. The van der Waals surface area contributed by atoms with E-state index in [1.807, 2.05) is 12.1 Å². The summed E-state index contributed by atoms with van der Waals surface area (Å²) in [6.07, 6.45) is 3.45. The Morgan fingerprint density at radius 3 is 2.39 bits per heavy atom. The summed E-state index contributed by atoms with van der Waals surface area (Å²) in [5, 5.41) is 16.8. The molecular weight excluding hydrogens is 438 g/mol. The first-order valence-corrected chi connectivity index (χ1v) is 12.6. The van der Waals surface area contributed by atoms with Gasteiger partial charge in [0.05, 0.1) is 11.1 Å². The third-order valence-electron chi connectivity index (χ3n) is 6.25. The van der Waals surface area contributed by atoms with Crippen molar-refractivity contribution < 1.29 is 18.3 Å². The molecule has 4 rings (SSSR count). The van der Waals surface area contributed by atoms with Crippen molar-refractivity contribution in [2.24, 2.45) is 11.1 Å². The number of carbonyl (C=O) groups excluding carboxylic acids is 1. The van der Waals surface area contributed by atoms with Crippen LogP contribution in [0.15, 0.2) is 59.6 Å². The maximum atomic E-state index is 13.0. The number of rotatable bonds is 5. The van der Waals surface area contributed by atoms with Gasteiger partial charge in [-0.15, -0.1) is 0 Å². The number of likely N-dealkylation sites (tertiary alicyclic amines) is 1. The average molecular weight is 468 g/mol. The van der Waals surface area contributed by atoms with E-state index in [0.29, 0.717) is 48.3 Å². The first-order valence-electron chi connectivity index (χ1n) is 11.1. The number of sulfonamides is 1. The summed E-state index contributed by atoms with van der Waals surface area (Å²) < 4.78 is 23.9. The average Bonchev–Trinajstić information content (AvgIpc) is 2.77. The molecule has 174 valence electrons. The van der Waals surface area contributed by atoms with Crippen LogP contribution >= 0.6 is 0 Å². The van der Waals surface area contributed by atoms with Crippen LogP contribution in [-0.2, 0) is 10.0 Å². The molecule has 1 aliphatic rings. The highest BCUT2D eigenvalue weighted by Gasteiger charge is 2.34. The fourth-order valence-corrected chi connectivity index (χ4v) is 5.38. The number of amides is 1. The van der Waals surface area contributed by atoms with Crippen LogP contribution in [0.1, 0.15) is 43.5 Å². The molecule has 1 saturated heterocycles. The van der Waals surface area contributed by atoms with Gasteiger partial charge in [0.1, 0.15) is 4.90 Å². The van der Waals surface area contributed by atoms with Crippen LogP contribution < -0.4 is 5.14 Å². The van der Waals surface area contributed by atoms with E-state index in [2.05, 4.69) is 18.8 Å². The smallest absolute Gasteiger partial charge is 0.253 e. The SMILES string of the molecule is CC(C)CC1(O)CCN(C(=O)c2ccc(-c3ccc(S(N)(=O)=O)c4ncccc34)cc2)CC1. The Morgan fingerprint density at radius 1 is 1.12 bits per heavy atom. The highest BCUT2D eigenvalue weighted by Crippen LogP contribution is 2.32. The monoisotopic (exact) mass is 467 g/mol. The lowest BCUT2D eigenvalue weighted by Crippen LogP contribution is -2.47. The number of pyridine rings is 1. The molecule has 2 heterocycles. The summed E-state index contributed by atoms with van der Waals surface area (Å²) in [7, 11) is -3.90. The molecule has 33 heavy (non-hydrogen) atoms. The van der Waals surface area contributed by atoms with Gasteiger partial charge >= 0.3 is 0 Å². The lowest BCUT2D eigenvalue weighted by Gasteiger charge is -2.39. The number of aliphatic hydroxyl groups is 1. The Kier molecular flexibility index (Phi) is 6.26. The number of benzene rings is 2. The van der Waals surface area contributed by atoms with Gasteiger partial charge in [0, 0.05) is 30.2 Å². The molecule has 1 fully saturated rings. The molecule has 0 aliphatic carbocycles. The maximum Gasteiger partial charge on any atom is 0.253 e. The summed E-state index contributed by atoms with van der Waals surface area (Å²) >= 11 is 0. The minimum absolute atomic E-state index is 0.0174. The second-order valence-corrected chi connectivity index (χ2v) is 10.8. The van der Waals surface area contributed by atoms with Gasteiger partial charge < -0.3 is 10.0 Å². The summed E-state index contributed by atoms with van der Waals surface area (Å²) in [4.78, 5) is 19.0. The minimum atomic E-state index is -3.90. The molecule has 7 nitrogen and oxygen atoms in total. The van der Waals surface area contributed by atoms with Crippen LogP contribution in [0, 0.1) is 5.92 Å². The Morgan fingerprint density at radius 2 is 1.79 bits per heavy atom. The highest BCUT2D eigenvalue weighted by atomic mass is 32.2. The Bertz CT molecular complexity index is 1280. The number of nitrogens with two attached hydrogens (primary N) is 1. The second-order valence-electron chi connectivity index (χ2n) is 9.25. The van der Waals surface area contributed by atoms with Gasteiger partial charge in [-0.25, -0.2) is 13.6 Å². The molecule has 0 saturated carbocycles. The van der Waals surface area contributed by atoms with Crippen molar-refractivity contribution in [3.63, 3.8) is 0 Å². The zero-order valence-electron chi connectivity index (χ0n) is 18.9. The third-order valence-corrected chi connectivity index (χ3v) is 7.19. The van der Waals surface area contributed by atoms with E-state index in [0.717, 1.165) is 17.5 Å². The Labute approximate surface area is 194 Å². The fourth-order valence-electron chi connectivity index (χ4n) is 4.69. The summed E-state index contributed by atoms with van der Waals surface area (Å²) in [5.74, 6) is 0.361. The van der Waals surface area contributed by atoms with E-state index in [-0.39, 0.29) is 10.8 Å². The number of hydrogen-bond donors (Lipinski definition) is 2. The molecular formula is C25H29N3O4S. The van der Waals surface area contributed by atoms with Crippen molar-refractivity contribution in [1.82, 2.24) is 9.88 Å². The van der Waals surface area contributed by atoms with E-state index in [1.54, 1.807) is 35.2 Å². The van der Waals surface area contributed by atoms with E-state index in [1.165, 1.54) is 12.3 Å². The van der Waals surface area contributed by atoms with Gasteiger partial charge in [0.2, 0.25) is 10.0 Å². The molecule has 3 N–H and O–H groups in total. The maximum absolute atomic E-state index is 13.0. The third kappa shape index (κ3) is 4.93. The van der Waals surface area contributed by atoms with Crippen molar-refractivity contribution in [3.8, 4) is 11.1 Å². The molecule has 1 aromatic heterocycles. The molecule has 8 heteroatoms. The van der Waals surface area contributed by atoms with Crippen molar-refractivity contribution >= 4 is 26.8 Å². The lowest BCUT2D eigenvalue weighted by atomic mass is 9.84. The zero-order chi connectivity index (χ0) is 23.8. The van der Waals surface area contributed by atoms with Gasteiger partial charge in [0.25, 0.3) is 5.91 Å². The van der Waals surface area contributed by atoms with E-state index < -0.39 is 15.6 Å². The van der Waals surface area contributed by atoms with Gasteiger partial charge in [0.15, 0.2) is 0 Å². The number of piperidine rings is 1. The van der Waals surface area contributed by atoms with Crippen LogP contribution in [0.25, 0.3) is 22.0 Å². The Hall–Kier alpha value is -2.81. The predicted octanol–water partition coefficient (Wildman–Crippen LogP) is 3.56. The van der Waals surface area contributed by atoms with Gasteiger partial charge in [-0.05, 0) is 60.6 Å². The number of fused-ring (bicyclic) bond motifs is 1. The standard InChI is InChI=1S/C25H29N3O4S/c1-17(2)16-25(30)11-14-28(15-12-25)24(29)19-7-5-18(6-8-19)20-9-10-22(33(26,31)32)23-21(20)4-3-13-27-23/h3-10,13,17,30H,11-12,14-16H2,1-2H3,(H2,26,31,32).